The SMILES string of the molecule is Cc1cc(OCc2ccccc2)cc(C2(C#N)CC2)c1. The first-order chi connectivity index (χ1) is 9.72. The molecule has 0 atom stereocenters. The fraction of sp³-hybridized carbons (Fsp3) is 0.278. The molecule has 2 aromatic rings. The number of rotatable bonds is 4. The van der Waals surface area contributed by atoms with Gasteiger partial charge in [-0.15, -0.1) is 0 Å². The van der Waals surface area contributed by atoms with E-state index in [2.05, 4.69) is 12.1 Å². The number of hydrogen-bond donors (Lipinski definition) is 0. The zero-order valence-electron chi connectivity index (χ0n) is 11.6. The van der Waals surface area contributed by atoms with Crippen molar-refractivity contribution in [3.05, 3.63) is 65.2 Å². The quantitative estimate of drug-likeness (QED) is 0.831. The maximum absolute atomic E-state index is 9.31. The number of benzene rings is 2. The van der Waals surface area contributed by atoms with Crippen molar-refractivity contribution in [2.75, 3.05) is 0 Å². The minimum atomic E-state index is -0.253. The van der Waals surface area contributed by atoms with Crippen molar-refractivity contribution in [2.24, 2.45) is 0 Å². The molecule has 100 valence electrons. The van der Waals surface area contributed by atoms with E-state index in [0.717, 1.165) is 35.3 Å². The second-order valence-electron chi connectivity index (χ2n) is 5.50. The molecule has 0 spiro atoms. The minimum Gasteiger partial charge on any atom is -0.489 e. The lowest BCUT2D eigenvalue weighted by atomic mass is 9.96. The van der Waals surface area contributed by atoms with Crippen molar-refractivity contribution in [3.8, 4) is 11.8 Å². The second-order valence-corrected chi connectivity index (χ2v) is 5.50. The fourth-order valence-electron chi connectivity index (χ4n) is 2.44. The van der Waals surface area contributed by atoms with Gasteiger partial charge in [-0.1, -0.05) is 36.4 Å². The predicted molar refractivity (Wildman–Crippen MR) is 78.5 cm³/mol. The standard InChI is InChI=1S/C18H17NO/c1-14-9-16(18(13-19)7-8-18)11-17(10-14)20-12-15-5-3-2-4-6-15/h2-6,9-11H,7-8,12H2,1H3. The molecule has 0 saturated heterocycles. The molecule has 1 fully saturated rings. The van der Waals surface area contributed by atoms with E-state index in [9.17, 15) is 5.26 Å². The summed E-state index contributed by atoms with van der Waals surface area (Å²) in [6.07, 6.45) is 1.93. The monoisotopic (exact) mass is 263 g/mol. The molecule has 0 amide bonds. The van der Waals surface area contributed by atoms with E-state index in [0.29, 0.717) is 6.61 Å². The first-order valence-electron chi connectivity index (χ1n) is 6.92. The number of aryl methyl sites for hydroxylation is 1. The molecular weight excluding hydrogens is 246 g/mol. The van der Waals surface area contributed by atoms with E-state index in [-0.39, 0.29) is 5.41 Å². The van der Waals surface area contributed by atoms with E-state index < -0.39 is 0 Å². The Morgan fingerprint density at radius 3 is 2.55 bits per heavy atom. The second kappa shape index (κ2) is 5.02. The highest BCUT2D eigenvalue weighted by atomic mass is 16.5. The molecule has 0 unspecified atom stereocenters. The van der Waals surface area contributed by atoms with Gasteiger partial charge in [0, 0.05) is 0 Å². The predicted octanol–water partition coefficient (Wildman–Crippen LogP) is 4.13. The van der Waals surface area contributed by atoms with E-state index in [1.54, 1.807) is 0 Å². The third kappa shape index (κ3) is 2.53. The van der Waals surface area contributed by atoms with Gasteiger partial charge in [0.25, 0.3) is 0 Å². The molecule has 1 aliphatic rings. The molecule has 0 heterocycles. The van der Waals surface area contributed by atoms with Crippen molar-refractivity contribution < 1.29 is 4.74 Å². The summed E-state index contributed by atoms with van der Waals surface area (Å²) in [4.78, 5) is 0. The van der Waals surface area contributed by atoms with Crippen molar-refractivity contribution in [2.45, 2.75) is 31.8 Å². The molecule has 1 aliphatic carbocycles. The van der Waals surface area contributed by atoms with Crippen LogP contribution < -0.4 is 4.74 Å². The molecular formula is C18H17NO. The molecule has 0 radical (unpaired) electrons. The molecule has 3 rings (SSSR count). The Hall–Kier alpha value is -2.27. The largest absolute Gasteiger partial charge is 0.489 e. The van der Waals surface area contributed by atoms with Crippen LogP contribution in [0.1, 0.15) is 29.5 Å². The van der Waals surface area contributed by atoms with Gasteiger partial charge in [-0.05, 0) is 48.6 Å². The highest BCUT2D eigenvalue weighted by Gasteiger charge is 2.45. The zero-order valence-corrected chi connectivity index (χ0v) is 11.6. The highest BCUT2D eigenvalue weighted by molar-refractivity contribution is 5.45. The first-order valence-corrected chi connectivity index (χ1v) is 6.92. The Morgan fingerprint density at radius 1 is 1.15 bits per heavy atom. The van der Waals surface area contributed by atoms with Crippen molar-refractivity contribution in [1.82, 2.24) is 0 Å². The van der Waals surface area contributed by atoms with Crippen LogP contribution in [-0.2, 0) is 12.0 Å². The molecule has 0 aromatic heterocycles. The van der Waals surface area contributed by atoms with E-state index in [1.807, 2.05) is 49.4 Å². The third-order valence-electron chi connectivity index (χ3n) is 3.82. The van der Waals surface area contributed by atoms with Gasteiger partial charge in [-0.3, -0.25) is 0 Å². The van der Waals surface area contributed by atoms with Crippen molar-refractivity contribution in [3.63, 3.8) is 0 Å². The highest BCUT2D eigenvalue weighted by Crippen LogP contribution is 2.48. The van der Waals surface area contributed by atoms with Crippen LogP contribution in [0.4, 0.5) is 0 Å². The van der Waals surface area contributed by atoms with Crippen LogP contribution in [0.5, 0.6) is 5.75 Å². The smallest absolute Gasteiger partial charge is 0.120 e. The summed E-state index contributed by atoms with van der Waals surface area (Å²) in [6, 6.07) is 18.7. The van der Waals surface area contributed by atoms with Gasteiger partial charge in [-0.25, -0.2) is 0 Å². The van der Waals surface area contributed by atoms with E-state index in [1.165, 1.54) is 0 Å². The summed E-state index contributed by atoms with van der Waals surface area (Å²) in [5.74, 6) is 0.852. The van der Waals surface area contributed by atoms with Crippen LogP contribution in [0.25, 0.3) is 0 Å². The van der Waals surface area contributed by atoms with Crippen LogP contribution in [0.2, 0.25) is 0 Å². The molecule has 20 heavy (non-hydrogen) atoms. The van der Waals surface area contributed by atoms with Gasteiger partial charge in [0.05, 0.1) is 11.5 Å². The molecule has 0 N–H and O–H groups in total. The summed E-state index contributed by atoms with van der Waals surface area (Å²) in [5, 5.41) is 9.31. The van der Waals surface area contributed by atoms with Gasteiger partial charge in [-0.2, -0.15) is 5.26 Å². The van der Waals surface area contributed by atoms with Crippen LogP contribution in [0.3, 0.4) is 0 Å². The molecule has 0 bridgehead atoms. The summed E-state index contributed by atoms with van der Waals surface area (Å²) in [6.45, 7) is 2.61. The average molecular weight is 263 g/mol. The Bertz CT molecular complexity index is 651. The van der Waals surface area contributed by atoms with Crippen molar-refractivity contribution >= 4 is 0 Å². The maximum atomic E-state index is 9.31. The summed E-state index contributed by atoms with van der Waals surface area (Å²) in [5.41, 5.74) is 3.14. The van der Waals surface area contributed by atoms with E-state index >= 15 is 0 Å². The van der Waals surface area contributed by atoms with Crippen LogP contribution >= 0.6 is 0 Å². The zero-order chi connectivity index (χ0) is 14.0. The van der Waals surface area contributed by atoms with Gasteiger partial charge < -0.3 is 4.74 Å². The summed E-state index contributed by atoms with van der Waals surface area (Å²) < 4.78 is 5.87. The van der Waals surface area contributed by atoms with Crippen LogP contribution in [-0.4, -0.2) is 0 Å². The maximum Gasteiger partial charge on any atom is 0.120 e. The number of nitrogens with zero attached hydrogens (tertiary/aromatic N) is 1. The molecule has 0 aliphatic heterocycles. The van der Waals surface area contributed by atoms with E-state index in [4.69, 9.17) is 4.74 Å². The van der Waals surface area contributed by atoms with Gasteiger partial charge in [0.1, 0.15) is 12.4 Å². The lowest BCUT2D eigenvalue weighted by Gasteiger charge is -2.12. The third-order valence-corrected chi connectivity index (χ3v) is 3.82. The molecule has 2 aromatic carbocycles. The van der Waals surface area contributed by atoms with Gasteiger partial charge >= 0.3 is 0 Å². The fourth-order valence-corrected chi connectivity index (χ4v) is 2.44. The van der Waals surface area contributed by atoms with Crippen LogP contribution in [0, 0.1) is 18.3 Å². The minimum absolute atomic E-state index is 0.253. The average Bonchev–Trinajstić information content (AvgIpc) is 3.27. The first kappa shape index (κ1) is 12.7. The Kier molecular flexibility index (Phi) is 3.20. The summed E-state index contributed by atoms with van der Waals surface area (Å²) >= 11 is 0. The lowest BCUT2D eigenvalue weighted by Crippen LogP contribution is -2.04. The number of nitriles is 1. The Morgan fingerprint density at radius 2 is 1.90 bits per heavy atom. The van der Waals surface area contributed by atoms with Crippen molar-refractivity contribution in [1.29, 1.82) is 5.26 Å². The molecule has 2 nitrogen and oxygen atoms in total. The van der Waals surface area contributed by atoms with Crippen LogP contribution in [0.15, 0.2) is 48.5 Å². The number of ether oxygens (including phenoxy) is 1. The van der Waals surface area contributed by atoms with Gasteiger partial charge in [0.15, 0.2) is 0 Å². The lowest BCUT2D eigenvalue weighted by molar-refractivity contribution is 0.305. The Labute approximate surface area is 119 Å². The summed E-state index contributed by atoms with van der Waals surface area (Å²) in [7, 11) is 0. The molecule has 1 saturated carbocycles. The topological polar surface area (TPSA) is 33.0 Å². The molecule has 2 heteroatoms. The number of hydrogen-bond acceptors (Lipinski definition) is 2. The Balaban J connectivity index is 1.79. The normalized spacial score (nSPS) is 15.4. The van der Waals surface area contributed by atoms with Gasteiger partial charge in [0.2, 0.25) is 0 Å².